The number of nitrogens with zero attached hydrogens (tertiary/aromatic N) is 2. The Morgan fingerprint density at radius 2 is 1.94 bits per heavy atom. The maximum Gasteiger partial charge on any atom is 0.224 e. The number of carbonyl (C=O) groups is 1. The molecule has 1 amide bonds. The molecule has 3 rings (SSSR count). The number of sulfone groups is 1. The fraction of sp³-hybridized carbons (Fsp3) is 0.435. The Hall–Kier alpha value is -2.37. The Labute approximate surface area is 188 Å². The molecule has 31 heavy (non-hydrogen) atoms. The molecule has 1 heterocycles. The molecule has 0 aliphatic heterocycles. The van der Waals surface area contributed by atoms with Crippen LogP contribution in [0.4, 0.5) is 0 Å². The molecule has 1 fully saturated rings. The zero-order chi connectivity index (χ0) is 22.1. The van der Waals surface area contributed by atoms with Gasteiger partial charge in [0.15, 0.2) is 9.84 Å². The number of carbonyl (C=O) groups excluding carboxylic acids is 1. The molecule has 1 aliphatic rings. The first-order valence-electron chi connectivity index (χ1n) is 10.5. The standard InChI is InChI=1S/C23H27N3O3S2/c24-13-15-26-23(27)22-7-2-1-5-18(22)17-31(28,29)21-10-8-20(9-11-21)30-16-12-19-6-3-4-14-25-19/h3-4,6,8-11,14,18,22H,1-2,5,7,12,15-17H2,(H,26,27)/t18-,22+/m1/s1. The molecule has 0 radical (unpaired) electrons. The average molecular weight is 458 g/mol. The maximum atomic E-state index is 13.0. The minimum atomic E-state index is -3.49. The summed E-state index contributed by atoms with van der Waals surface area (Å²) in [4.78, 5) is 18.0. The van der Waals surface area contributed by atoms with Crippen LogP contribution in [0, 0.1) is 23.2 Å². The molecule has 0 bridgehead atoms. The average Bonchev–Trinajstić information content (AvgIpc) is 2.78. The molecule has 1 aromatic heterocycles. The van der Waals surface area contributed by atoms with Gasteiger partial charge in [-0.2, -0.15) is 5.26 Å². The van der Waals surface area contributed by atoms with E-state index in [4.69, 9.17) is 5.26 Å². The van der Waals surface area contributed by atoms with Gasteiger partial charge in [0.05, 0.1) is 16.7 Å². The van der Waals surface area contributed by atoms with Crippen molar-refractivity contribution in [1.82, 2.24) is 10.3 Å². The van der Waals surface area contributed by atoms with Crippen molar-refractivity contribution in [1.29, 1.82) is 5.26 Å². The Kier molecular flexibility index (Phi) is 8.50. The van der Waals surface area contributed by atoms with Gasteiger partial charge < -0.3 is 5.32 Å². The monoisotopic (exact) mass is 457 g/mol. The SMILES string of the molecule is N#CCNC(=O)[C@H]1CCCC[C@@H]1CS(=O)(=O)c1ccc(SCCc2ccccn2)cc1. The highest BCUT2D eigenvalue weighted by Crippen LogP contribution is 2.33. The fourth-order valence-electron chi connectivity index (χ4n) is 3.95. The van der Waals surface area contributed by atoms with Crippen LogP contribution in [0.2, 0.25) is 0 Å². The van der Waals surface area contributed by atoms with E-state index < -0.39 is 9.84 Å². The lowest BCUT2D eigenvalue weighted by Gasteiger charge is -2.30. The molecule has 1 aromatic carbocycles. The van der Waals surface area contributed by atoms with Gasteiger partial charge in [-0.3, -0.25) is 9.78 Å². The summed E-state index contributed by atoms with van der Waals surface area (Å²) in [5.41, 5.74) is 1.04. The van der Waals surface area contributed by atoms with Crippen molar-refractivity contribution in [3.63, 3.8) is 0 Å². The molecule has 0 unspecified atom stereocenters. The zero-order valence-electron chi connectivity index (χ0n) is 17.4. The molecule has 164 valence electrons. The molecule has 2 aromatic rings. The Balaban J connectivity index is 1.59. The fourth-order valence-corrected chi connectivity index (χ4v) is 6.53. The summed E-state index contributed by atoms with van der Waals surface area (Å²) in [7, 11) is -3.49. The lowest BCUT2D eigenvalue weighted by atomic mass is 9.80. The van der Waals surface area contributed by atoms with E-state index in [1.165, 1.54) is 0 Å². The summed E-state index contributed by atoms with van der Waals surface area (Å²) in [6, 6.07) is 14.8. The number of nitriles is 1. The van der Waals surface area contributed by atoms with Gasteiger partial charge in [-0.25, -0.2) is 8.42 Å². The van der Waals surface area contributed by atoms with E-state index in [0.29, 0.717) is 17.7 Å². The van der Waals surface area contributed by atoms with E-state index in [0.717, 1.165) is 35.6 Å². The van der Waals surface area contributed by atoms with E-state index in [1.807, 2.05) is 36.4 Å². The molecule has 1 aliphatic carbocycles. The van der Waals surface area contributed by atoms with Crippen LogP contribution in [-0.2, 0) is 21.1 Å². The summed E-state index contributed by atoms with van der Waals surface area (Å²) < 4.78 is 26.0. The van der Waals surface area contributed by atoms with Gasteiger partial charge in [-0.1, -0.05) is 18.9 Å². The Morgan fingerprint density at radius 1 is 1.16 bits per heavy atom. The Bertz CT molecular complexity index is 1000. The van der Waals surface area contributed by atoms with Crippen LogP contribution in [0.3, 0.4) is 0 Å². The van der Waals surface area contributed by atoms with Gasteiger partial charge in [0.2, 0.25) is 5.91 Å². The van der Waals surface area contributed by atoms with Crippen LogP contribution >= 0.6 is 11.8 Å². The van der Waals surface area contributed by atoms with Gasteiger partial charge in [-0.15, -0.1) is 11.8 Å². The van der Waals surface area contributed by atoms with Crippen molar-refractivity contribution >= 4 is 27.5 Å². The number of pyridine rings is 1. The summed E-state index contributed by atoms with van der Waals surface area (Å²) in [5.74, 6) is 0.0540. The number of nitrogens with one attached hydrogen (secondary N) is 1. The lowest BCUT2D eigenvalue weighted by Crippen LogP contribution is -2.39. The number of thioether (sulfide) groups is 1. The minimum absolute atomic E-state index is 0.0379. The highest BCUT2D eigenvalue weighted by molar-refractivity contribution is 7.99. The number of benzene rings is 1. The third kappa shape index (κ3) is 6.81. The maximum absolute atomic E-state index is 13.0. The first-order chi connectivity index (χ1) is 15.0. The first kappa shape index (κ1) is 23.3. The van der Waals surface area contributed by atoms with Crippen LogP contribution in [0.25, 0.3) is 0 Å². The third-order valence-electron chi connectivity index (χ3n) is 5.56. The molecule has 0 saturated heterocycles. The van der Waals surface area contributed by atoms with Gasteiger partial charge >= 0.3 is 0 Å². The van der Waals surface area contributed by atoms with E-state index >= 15 is 0 Å². The number of amides is 1. The smallest absolute Gasteiger partial charge is 0.224 e. The van der Waals surface area contributed by atoms with Gasteiger partial charge in [0, 0.05) is 28.5 Å². The van der Waals surface area contributed by atoms with E-state index in [9.17, 15) is 13.2 Å². The van der Waals surface area contributed by atoms with Crippen molar-refractivity contribution < 1.29 is 13.2 Å². The van der Waals surface area contributed by atoms with E-state index in [1.54, 1.807) is 30.1 Å². The van der Waals surface area contributed by atoms with Crippen LogP contribution in [0.1, 0.15) is 31.4 Å². The normalized spacial score (nSPS) is 18.8. The summed E-state index contributed by atoms with van der Waals surface area (Å²) in [6.45, 7) is -0.0474. The van der Waals surface area contributed by atoms with Gasteiger partial charge in [0.1, 0.15) is 6.54 Å². The molecule has 6 nitrogen and oxygen atoms in total. The predicted octanol–water partition coefficient (Wildman–Crippen LogP) is 3.64. The van der Waals surface area contributed by atoms with Crippen LogP contribution < -0.4 is 5.32 Å². The van der Waals surface area contributed by atoms with Crippen LogP contribution in [0.15, 0.2) is 58.5 Å². The topological polar surface area (TPSA) is 99.9 Å². The highest BCUT2D eigenvalue weighted by Gasteiger charge is 2.34. The number of hydrogen-bond acceptors (Lipinski definition) is 6. The van der Waals surface area contributed by atoms with Crippen molar-refractivity contribution in [3.8, 4) is 6.07 Å². The van der Waals surface area contributed by atoms with Gasteiger partial charge in [-0.05, 0) is 61.6 Å². The summed E-state index contributed by atoms with van der Waals surface area (Å²) in [5, 5.41) is 11.3. The minimum Gasteiger partial charge on any atom is -0.343 e. The second-order valence-electron chi connectivity index (χ2n) is 7.70. The van der Waals surface area contributed by atoms with Crippen molar-refractivity contribution in [2.24, 2.45) is 11.8 Å². The highest BCUT2D eigenvalue weighted by atomic mass is 32.2. The largest absolute Gasteiger partial charge is 0.343 e. The van der Waals surface area contributed by atoms with Crippen molar-refractivity contribution in [2.45, 2.75) is 41.9 Å². The molecule has 0 spiro atoms. The molecule has 2 atom stereocenters. The lowest BCUT2D eigenvalue weighted by molar-refractivity contribution is -0.127. The number of aryl methyl sites for hydroxylation is 1. The van der Waals surface area contributed by atoms with E-state index in [2.05, 4.69) is 10.3 Å². The van der Waals surface area contributed by atoms with Crippen molar-refractivity contribution in [2.75, 3.05) is 18.1 Å². The molecule has 1 N–H and O–H groups in total. The van der Waals surface area contributed by atoms with E-state index in [-0.39, 0.29) is 30.0 Å². The quantitative estimate of drug-likeness (QED) is 0.456. The molecular weight excluding hydrogens is 430 g/mol. The summed E-state index contributed by atoms with van der Waals surface area (Å²) >= 11 is 1.67. The first-order valence-corrected chi connectivity index (χ1v) is 13.1. The molecule has 1 saturated carbocycles. The summed E-state index contributed by atoms with van der Waals surface area (Å²) in [6.07, 6.45) is 5.85. The van der Waals surface area contributed by atoms with Crippen LogP contribution in [-0.4, -0.2) is 37.4 Å². The number of aromatic nitrogens is 1. The Morgan fingerprint density at radius 3 is 2.65 bits per heavy atom. The second kappa shape index (κ2) is 11.3. The molecule has 8 heteroatoms. The van der Waals surface area contributed by atoms with Gasteiger partial charge in [0.25, 0.3) is 0 Å². The predicted molar refractivity (Wildman–Crippen MR) is 121 cm³/mol. The second-order valence-corrected chi connectivity index (χ2v) is 10.9. The number of rotatable bonds is 9. The zero-order valence-corrected chi connectivity index (χ0v) is 19.0. The number of hydrogen-bond donors (Lipinski definition) is 1. The van der Waals surface area contributed by atoms with Crippen LogP contribution in [0.5, 0.6) is 0 Å². The van der Waals surface area contributed by atoms with Crippen molar-refractivity contribution in [3.05, 3.63) is 54.4 Å². The third-order valence-corrected chi connectivity index (χ3v) is 8.43. The molecular formula is C23H27N3O3S2.